The van der Waals surface area contributed by atoms with Gasteiger partial charge in [0.05, 0.1) is 18.4 Å². The number of amides is 1. The van der Waals surface area contributed by atoms with Crippen LogP contribution in [0.4, 0.5) is 0 Å². The van der Waals surface area contributed by atoms with Gasteiger partial charge in [-0.1, -0.05) is 0 Å². The van der Waals surface area contributed by atoms with Crippen LogP contribution in [0.3, 0.4) is 0 Å². The molecule has 3 heterocycles. The van der Waals surface area contributed by atoms with Gasteiger partial charge in [0.2, 0.25) is 5.91 Å². The molecular weight excluding hydrogens is 298 g/mol. The summed E-state index contributed by atoms with van der Waals surface area (Å²) in [6.07, 6.45) is 3.56. The van der Waals surface area contributed by atoms with Crippen LogP contribution in [0.5, 0.6) is 0 Å². The van der Waals surface area contributed by atoms with Gasteiger partial charge < -0.3 is 14.9 Å². The average molecular weight is 315 g/mol. The van der Waals surface area contributed by atoms with Crippen LogP contribution in [0, 0.1) is 6.92 Å². The van der Waals surface area contributed by atoms with Crippen molar-refractivity contribution in [1.29, 1.82) is 0 Å². The topological polar surface area (TPSA) is 69.6 Å². The van der Waals surface area contributed by atoms with Crippen molar-refractivity contribution in [2.45, 2.75) is 26.6 Å². The van der Waals surface area contributed by atoms with E-state index in [-0.39, 0.29) is 6.10 Å². The Balaban J connectivity index is 1.95. The zero-order chi connectivity index (χ0) is 15.7. The van der Waals surface area contributed by atoms with Gasteiger partial charge in [0.15, 0.2) is 0 Å². The molecule has 1 unspecified atom stereocenters. The van der Waals surface area contributed by atoms with Gasteiger partial charge in [-0.3, -0.25) is 4.79 Å². The number of carbonyl (C=O) groups is 1. The number of nitrogens with two attached hydrogens (primary N) is 1. The number of aryl methyl sites for hydroxylation is 1. The summed E-state index contributed by atoms with van der Waals surface area (Å²) in [6, 6.07) is 5.62. The maximum Gasteiger partial charge on any atom is 0.248 e. The lowest BCUT2D eigenvalue weighted by Gasteiger charge is -2.16. The number of hydrogen-bond acceptors (Lipinski definition) is 4. The summed E-state index contributed by atoms with van der Waals surface area (Å²) in [6.45, 7) is 4.41. The van der Waals surface area contributed by atoms with Crippen LogP contribution in [0.2, 0.25) is 0 Å². The quantitative estimate of drug-likeness (QED) is 0.786. The third kappa shape index (κ3) is 2.75. The molecule has 3 aromatic heterocycles. The van der Waals surface area contributed by atoms with Crippen molar-refractivity contribution in [3.05, 3.63) is 57.8 Å². The predicted molar refractivity (Wildman–Crippen MR) is 86.0 cm³/mol. The van der Waals surface area contributed by atoms with E-state index in [0.717, 1.165) is 21.8 Å². The summed E-state index contributed by atoms with van der Waals surface area (Å²) in [5.41, 5.74) is 8.90. The number of thiazole rings is 1. The second-order valence-electron chi connectivity index (χ2n) is 5.17. The summed E-state index contributed by atoms with van der Waals surface area (Å²) >= 11 is 1.56. The number of aromatic nitrogens is 2. The minimum Gasteiger partial charge on any atom is -0.366 e. The van der Waals surface area contributed by atoms with Gasteiger partial charge in [-0.15, -0.1) is 11.3 Å². The number of ether oxygens (including phenoxy) is 1. The summed E-state index contributed by atoms with van der Waals surface area (Å²) in [5, 5.41) is 2.85. The molecule has 114 valence electrons. The molecule has 2 N–H and O–H groups in total. The summed E-state index contributed by atoms with van der Waals surface area (Å²) in [7, 11) is 0. The van der Waals surface area contributed by atoms with Crippen molar-refractivity contribution in [1.82, 2.24) is 9.38 Å². The molecular formula is C16H17N3O2S. The number of rotatable bonds is 5. The molecule has 1 amide bonds. The van der Waals surface area contributed by atoms with Crippen molar-refractivity contribution in [2.24, 2.45) is 5.73 Å². The van der Waals surface area contributed by atoms with E-state index in [1.165, 1.54) is 0 Å². The lowest BCUT2D eigenvalue weighted by Crippen LogP contribution is -2.14. The molecule has 0 saturated heterocycles. The highest BCUT2D eigenvalue weighted by Gasteiger charge is 2.15. The normalized spacial score (nSPS) is 12.6. The van der Waals surface area contributed by atoms with Crippen LogP contribution in [-0.2, 0) is 11.3 Å². The fraction of sp³-hybridized carbons (Fsp3) is 0.250. The van der Waals surface area contributed by atoms with Crippen molar-refractivity contribution in [3.8, 4) is 0 Å². The van der Waals surface area contributed by atoms with Crippen LogP contribution in [0.15, 0.2) is 36.0 Å². The number of hydrogen-bond donors (Lipinski definition) is 1. The zero-order valence-corrected chi connectivity index (χ0v) is 13.3. The van der Waals surface area contributed by atoms with E-state index in [9.17, 15) is 4.79 Å². The Hall–Kier alpha value is -2.18. The number of pyridine rings is 1. The molecule has 3 aromatic rings. The van der Waals surface area contributed by atoms with Crippen LogP contribution in [-0.4, -0.2) is 15.3 Å². The zero-order valence-electron chi connectivity index (χ0n) is 12.4. The van der Waals surface area contributed by atoms with E-state index in [1.807, 2.05) is 42.0 Å². The molecule has 6 heteroatoms. The third-order valence-electron chi connectivity index (χ3n) is 3.65. The standard InChI is InChI=1S/C16H17N3O2S/c1-10-3-5-19-13(10)7-12(16(17)20)8-14(19)11(2)21-9-15-18-4-6-22-15/h3-8,11H,9H2,1-2H3,(H2,17,20). The third-order valence-corrected chi connectivity index (χ3v) is 4.41. The SMILES string of the molecule is Cc1ccn2c(C(C)OCc3nccs3)cc(C(N)=O)cc12. The summed E-state index contributed by atoms with van der Waals surface area (Å²) in [5.74, 6) is -0.434. The number of fused-ring (bicyclic) bond motifs is 1. The Kier molecular flexibility index (Phi) is 3.96. The van der Waals surface area contributed by atoms with E-state index < -0.39 is 5.91 Å². The molecule has 0 aromatic carbocycles. The number of carbonyl (C=O) groups excluding carboxylic acids is 1. The van der Waals surface area contributed by atoms with E-state index in [2.05, 4.69) is 4.98 Å². The van der Waals surface area contributed by atoms with Gasteiger partial charge in [-0.25, -0.2) is 4.98 Å². The van der Waals surface area contributed by atoms with Crippen molar-refractivity contribution >= 4 is 22.8 Å². The van der Waals surface area contributed by atoms with E-state index >= 15 is 0 Å². The van der Waals surface area contributed by atoms with Gasteiger partial charge in [-0.05, 0) is 37.6 Å². The molecule has 0 saturated carbocycles. The smallest absolute Gasteiger partial charge is 0.248 e. The highest BCUT2D eigenvalue weighted by atomic mass is 32.1. The van der Waals surface area contributed by atoms with Crippen molar-refractivity contribution in [2.75, 3.05) is 0 Å². The second kappa shape index (κ2) is 5.90. The van der Waals surface area contributed by atoms with Gasteiger partial charge >= 0.3 is 0 Å². The maximum atomic E-state index is 11.6. The fourth-order valence-electron chi connectivity index (χ4n) is 2.43. The lowest BCUT2D eigenvalue weighted by molar-refractivity contribution is 0.0489. The summed E-state index contributed by atoms with van der Waals surface area (Å²) < 4.78 is 7.94. The van der Waals surface area contributed by atoms with E-state index in [4.69, 9.17) is 10.5 Å². The first-order valence-corrected chi connectivity index (χ1v) is 7.85. The van der Waals surface area contributed by atoms with Gasteiger partial charge in [0.25, 0.3) is 0 Å². The Morgan fingerprint density at radius 3 is 3.00 bits per heavy atom. The first-order chi connectivity index (χ1) is 10.6. The van der Waals surface area contributed by atoms with Gasteiger partial charge in [0.1, 0.15) is 5.01 Å². The molecule has 0 aliphatic heterocycles. The number of nitrogens with zero attached hydrogens (tertiary/aromatic N) is 2. The van der Waals surface area contributed by atoms with Crippen molar-refractivity contribution < 1.29 is 9.53 Å². The van der Waals surface area contributed by atoms with Crippen LogP contribution in [0.25, 0.3) is 5.52 Å². The Morgan fingerprint density at radius 2 is 2.32 bits per heavy atom. The summed E-state index contributed by atoms with van der Waals surface area (Å²) in [4.78, 5) is 15.8. The van der Waals surface area contributed by atoms with E-state index in [1.54, 1.807) is 23.6 Å². The van der Waals surface area contributed by atoms with Crippen LogP contribution >= 0.6 is 11.3 Å². The Bertz CT molecular complexity index is 808. The largest absolute Gasteiger partial charge is 0.366 e. The molecule has 0 aliphatic rings. The van der Waals surface area contributed by atoms with Crippen LogP contribution in [0.1, 0.15) is 39.7 Å². The molecule has 0 spiro atoms. The molecule has 22 heavy (non-hydrogen) atoms. The number of primary amides is 1. The van der Waals surface area contributed by atoms with Crippen LogP contribution < -0.4 is 5.73 Å². The van der Waals surface area contributed by atoms with Gasteiger partial charge in [0, 0.05) is 28.9 Å². The first-order valence-electron chi connectivity index (χ1n) is 6.97. The molecule has 3 rings (SSSR count). The maximum absolute atomic E-state index is 11.6. The minimum absolute atomic E-state index is 0.183. The van der Waals surface area contributed by atoms with E-state index in [0.29, 0.717) is 12.2 Å². The molecule has 1 atom stereocenters. The highest BCUT2D eigenvalue weighted by Crippen LogP contribution is 2.24. The minimum atomic E-state index is -0.434. The fourth-order valence-corrected chi connectivity index (χ4v) is 2.97. The molecule has 0 radical (unpaired) electrons. The lowest BCUT2D eigenvalue weighted by atomic mass is 10.1. The molecule has 0 fully saturated rings. The average Bonchev–Trinajstić information content (AvgIpc) is 3.14. The molecule has 5 nitrogen and oxygen atoms in total. The Morgan fingerprint density at radius 1 is 1.50 bits per heavy atom. The molecule has 0 bridgehead atoms. The Labute approximate surface area is 132 Å². The second-order valence-corrected chi connectivity index (χ2v) is 6.15. The molecule has 0 aliphatic carbocycles. The predicted octanol–water partition coefficient (Wildman–Crippen LogP) is 3.08. The van der Waals surface area contributed by atoms with Gasteiger partial charge in [-0.2, -0.15) is 0 Å². The highest BCUT2D eigenvalue weighted by molar-refractivity contribution is 7.09. The first kappa shape index (κ1) is 14.7. The monoisotopic (exact) mass is 315 g/mol. The van der Waals surface area contributed by atoms with Crippen molar-refractivity contribution in [3.63, 3.8) is 0 Å².